The number of azo groups is 1. The summed E-state index contributed by atoms with van der Waals surface area (Å²) >= 11 is 6.07. The summed E-state index contributed by atoms with van der Waals surface area (Å²) in [4.78, 5) is 4.48. The molecule has 22 heavy (non-hydrogen) atoms. The number of hydrogen-bond donors (Lipinski definition) is 0. The van der Waals surface area contributed by atoms with E-state index in [9.17, 15) is 0 Å². The maximum atomic E-state index is 6.07. The number of fused-ring (bicyclic) bond motifs is 1. The van der Waals surface area contributed by atoms with Crippen molar-refractivity contribution < 1.29 is 0 Å². The Morgan fingerprint density at radius 3 is 2.73 bits per heavy atom. The third-order valence-electron chi connectivity index (χ3n) is 3.67. The molecule has 0 saturated heterocycles. The Balaban J connectivity index is 2.11. The minimum atomic E-state index is 0.645. The Hall–Kier alpha value is -2.20. The fraction of sp³-hybridized carbons (Fsp3) is 0.235. The molecule has 0 fully saturated rings. The molecule has 3 rings (SSSR count). The van der Waals surface area contributed by atoms with Crippen molar-refractivity contribution >= 4 is 28.8 Å². The molecule has 0 aliphatic heterocycles. The van der Waals surface area contributed by atoms with Crippen molar-refractivity contribution in [2.24, 2.45) is 10.2 Å². The number of nitrogens with zero attached hydrogens (tertiary/aromatic N) is 4. The average molecular weight is 313 g/mol. The molecule has 0 radical (unpaired) electrons. The summed E-state index contributed by atoms with van der Waals surface area (Å²) in [5.41, 5.74) is 4.89. The molecule has 5 heteroatoms. The molecule has 0 unspecified atom stereocenters. The molecule has 0 amide bonds. The fourth-order valence-electron chi connectivity index (χ4n) is 2.49. The van der Waals surface area contributed by atoms with Gasteiger partial charge in [0.2, 0.25) is 0 Å². The maximum absolute atomic E-state index is 6.07. The minimum absolute atomic E-state index is 0.645. The molecule has 0 aliphatic rings. The first-order chi connectivity index (χ1) is 10.6. The predicted molar refractivity (Wildman–Crippen MR) is 89.7 cm³/mol. The van der Waals surface area contributed by atoms with Crippen LogP contribution in [0.2, 0.25) is 5.02 Å². The largest absolute Gasteiger partial charge is 0.281 e. The van der Waals surface area contributed by atoms with Gasteiger partial charge in [0.25, 0.3) is 0 Å². The molecule has 0 aliphatic carbocycles. The quantitative estimate of drug-likeness (QED) is 0.582. The van der Waals surface area contributed by atoms with Crippen LogP contribution in [0.5, 0.6) is 0 Å². The summed E-state index contributed by atoms with van der Waals surface area (Å²) < 4.78 is 1.87. The molecule has 0 spiro atoms. The normalized spacial score (nSPS) is 11.6. The van der Waals surface area contributed by atoms with Gasteiger partial charge in [0.1, 0.15) is 5.65 Å². The van der Waals surface area contributed by atoms with Gasteiger partial charge in [0.05, 0.1) is 16.4 Å². The lowest BCUT2D eigenvalue weighted by atomic mass is 10.1. The van der Waals surface area contributed by atoms with Crippen molar-refractivity contribution in [3.8, 4) is 0 Å². The Morgan fingerprint density at radius 2 is 1.95 bits per heavy atom. The van der Waals surface area contributed by atoms with Crippen LogP contribution in [0.1, 0.15) is 23.7 Å². The van der Waals surface area contributed by atoms with Gasteiger partial charge in [0, 0.05) is 6.20 Å². The molecule has 3 aromatic rings. The SMILES string of the molecule is CCc1cccc(C)c1N=Nc1c(C)nc2ccc(Cl)cn12. The summed E-state index contributed by atoms with van der Waals surface area (Å²) in [5, 5.41) is 9.57. The Kier molecular flexibility index (Phi) is 3.94. The molecule has 0 atom stereocenters. The number of hydrogen-bond acceptors (Lipinski definition) is 3. The van der Waals surface area contributed by atoms with Crippen LogP contribution in [0.4, 0.5) is 11.5 Å². The van der Waals surface area contributed by atoms with Gasteiger partial charge in [-0.2, -0.15) is 0 Å². The van der Waals surface area contributed by atoms with E-state index < -0.39 is 0 Å². The Morgan fingerprint density at radius 1 is 1.14 bits per heavy atom. The van der Waals surface area contributed by atoms with Gasteiger partial charge < -0.3 is 0 Å². The first kappa shape index (κ1) is 14.7. The summed E-state index contributed by atoms with van der Waals surface area (Å²) in [6.45, 7) is 6.09. The lowest BCUT2D eigenvalue weighted by Crippen LogP contribution is -1.85. The third-order valence-corrected chi connectivity index (χ3v) is 3.90. The fourth-order valence-corrected chi connectivity index (χ4v) is 2.65. The van der Waals surface area contributed by atoms with E-state index in [0.29, 0.717) is 10.8 Å². The highest BCUT2D eigenvalue weighted by atomic mass is 35.5. The number of imidazole rings is 1. The monoisotopic (exact) mass is 312 g/mol. The number of aromatic nitrogens is 2. The van der Waals surface area contributed by atoms with Crippen molar-refractivity contribution in [1.82, 2.24) is 9.38 Å². The van der Waals surface area contributed by atoms with Crippen LogP contribution in [0, 0.1) is 13.8 Å². The molecule has 2 aromatic heterocycles. The van der Waals surface area contributed by atoms with E-state index in [4.69, 9.17) is 11.6 Å². The van der Waals surface area contributed by atoms with Crippen LogP contribution < -0.4 is 0 Å². The molecule has 1 aromatic carbocycles. The summed E-state index contributed by atoms with van der Waals surface area (Å²) in [5.74, 6) is 0.711. The van der Waals surface area contributed by atoms with Crippen molar-refractivity contribution in [2.75, 3.05) is 0 Å². The topological polar surface area (TPSA) is 42.0 Å². The lowest BCUT2D eigenvalue weighted by molar-refractivity contribution is 1.06. The highest BCUT2D eigenvalue weighted by Gasteiger charge is 2.09. The molecule has 0 saturated carbocycles. The third kappa shape index (κ3) is 2.62. The molecular formula is C17H17ClN4. The van der Waals surface area contributed by atoms with E-state index in [1.807, 2.05) is 48.7 Å². The van der Waals surface area contributed by atoms with Gasteiger partial charge in [-0.1, -0.05) is 36.7 Å². The van der Waals surface area contributed by atoms with Crippen molar-refractivity contribution in [3.05, 3.63) is 58.4 Å². The lowest BCUT2D eigenvalue weighted by Gasteiger charge is -2.05. The van der Waals surface area contributed by atoms with Gasteiger partial charge in [-0.3, -0.25) is 4.40 Å². The number of pyridine rings is 1. The number of halogens is 1. The Labute approximate surface area is 134 Å². The molecule has 112 valence electrons. The second kappa shape index (κ2) is 5.89. The second-order valence-corrected chi connectivity index (χ2v) is 5.67. The van der Waals surface area contributed by atoms with Gasteiger partial charge >= 0.3 is 0 Å². The van der Waals surface area contributed by atoms with Crippen LogP contribution >= 0.6 is 11.6 Å². The highest BCUT2D eigenvalue weighted by molar-refractivity contribution is 6.30. The molecule has 0 bridgehead atoms. The predicted octanol–water partition coefficient (Wildman–Crippen LogP) is 5.58. The zero-order valence-corrected chi connectivity index (χ0v) is 13.6. The van der Waals surface area contributed by atoms with E-state index >= 15 is 0 Å². The maximum Gasteiger partial charge on any atom is 0.182 e. The highest BCUT2D eigenvalue weighted by Crippen LogP contribution is 2.29. The van der Waals surface area contributed by atoms with Crippen molar-refractivity contribution in [2.45, 2.75) is 27.2 Å². The van der Waals surface area contributed by atoms with E-state index in [1.54, 1.807) is 0 Å². The van der Waals surface area contributed by atoms with Crippen LogP contribution in [-0.4, -0.2) is 9.38 Å². The van der Waals surface area contributed by atoms with Crippen LogP contribution in [-0.2, 0) is 6.42 Å². The van der Waals surface area contributed by atoms with Crippen LogP contribution in [0.3, 0.4) is 0 Å². The Bertz CT molecular complexity index is 864. The zero-order chi connectivity index (χ0) is 15.7. The van der Waals surface area contributed by atoms with E-state index in [2.05, 4.69) is 28.2 Å². The first-order valence-corrected chi connectivity index (χ1v) is 7.62. The zero-order valence-electron chi connectivity index (χ0n) is 12.8. The summed E-state index contributed by atoms with van der Waals surface area (Å²) in [7, 11) is 0. The standard InChI is InChI=1S/C17H17ClN4/c1-4-13-7-5-6-11(2)16(13)20-21-17-12(3)19-15-9-8-14(18)10-22(15)17/h5-10H,4H2,1-3H3. The van der Waals surface area contributed by atoms with Crippen molar-refractivity contribution in [3.63, 3.8) is 0 Å². The van der Waals surface area contributed by atoms with Gasteiger partial charge in [-0.25, -0.2) is 4.98 Å². The van der Waals surface area contributed by atoms with E-state index in [1.165, 1.54) is 5.56 Å². The van der Waals surface area contributed by atoms with Gasteiger partial charge in [-0.15, -0.1) is 10.2 Å². The number of aryl methyl sites for hydroxylation is 3. The smallest absolute Gasteiger partial charge is 0.182 e. The van der Waals surface area contributed by atoms with Gasteiger partial charge in [-0.05, 0) is 43.5 Å². The second-order valence-electron chi connectivity index (χ2n) is 5.23. The number of rotatable bonds is 3. The van der Waals surface area contributed by atoms with Gasteiger partial charge in [0.15, 0.2) is 5.82 Å². The minimum Gasteiger partial charge on any atom is -0.281 e. The molecule has 0 N–H and O–H groups in total. The van der Waals surface area contributed by atoms with Crippen LogP contribution in [0.25, 0.3) is 5.65 Å². The van der Waals surface area contributed by atoms with Crippen molar-refractivity contribution in [1.29, 1.82) is 0 Å². The molecule has 2 heterocycles. The van der Waals surface area contributed by atoms with Crippen LogP contribution in [0.15, 0.2) is 46.8 Å². The molecule has 4 nitrogen and oxygen atoms in total. The average Bonchev–Trinajstić information content (AvgIpc) is 2.81. The summed E-state index contributed by atoms with van der Waals surface area (Å²) in [6, 6.07) is 9.87. The number of benzene rings is 1. The van der Waals surface area contributed by atoms with E-state index in [-0.39, 0.29) is 0 Å². The summed E-state index contributed by atoms with van der Waals surface area (Å²) in [6.07, 6.45) is 2.73. The molecular weight excluding hydrogens is 296 g/mol. The first-order valence-electron chi connectivity index (χ1n) is 7.24. The van der Waals surface area contributed by atoms with E-state index in [0.717, 1.165) is 29.0 Å².